The normalized spacial score (nSPS) is 28.8. The van der Waals surface area contributed by atoms with Crippen LogP contribution < -0.4 is 0 Å². The summed E-state index contributed by atoms with van der Waals surface area (Å²) in [6.45, 7) is 9.17. The van der Waals surface area contributed by atoms with Gasteiger partial charge in [0.25, 0.3) is 0 Å². The zero-order valence-electron chi connectivity index (χ0n) is 17.9. The van der Waals surface area contributed by atoms with E-state index < -0.39 is 0 Å². The van der Waals surface area contributed by atoms with Crippen LogP contribution in [0.1, 0.15) is 34.1 Å². The number of hydrogen-bond donors (Lipinski definition) is 0. The van der Waals surface area contributed by atoms with Crippen LogP contribution in [0.25, 0.3) is 0 Å². The van der Waals surface area contributed by atoms with Crippen molar-refractivity contribution in [1.29, 1.82) is 0 Å². The molecule has 0 saturated carbocycles. The lowest BCUT2D eigenvalue weighted by Crippen LogP contribution is -2.12. The molecular formula is C27H22Br2S2. The van der Waals surface area contributed by atoms with E-state index >= 15 is 0 Å². The lowest BCUT2D eigenvalue weighted by molar-refractivity contribution is 1.07. The second-order valence-electron chi connectivity index (χ2n) is 8.91. The van der Waals surface area contributed by atoms with Gasteiger partial charge in [0.1, 0.15) is 0 Å². The third kappa shape index (κ3) is 3.08. The van der Waals surface area contributed by atoms with E-state index in [2.05, 4.69) is 96.0 Å². The van der Waals surface area contributed by atoms with Crippen LogP contribution in [0.15, 0.2) is 111 Å². The van der Waals surface area contributed by atoms with E-state index in [9.17, 15) is 0 Å². The molecule has 4 aliphatic carbocycles. The summed E-state index contributed by atoms with van der Waals surface area (Å²) in [5.41, 5.74) is 17.4. The zero-order chi connectivity index (χ0) is 21.6. The molecule has 0 nitrogen and oxygen atoms in total. The molecule has 0 saturated heterocycles. The van der Waals surface area contributed by atoms with E-state index in [1.54, 1.807) is 0 Å². The predicted octanol–water partition coefficient (Wildman–Crippen LogP) is 9.11. The molecule has 0 spiro atoms. The number of allylic oxidation sites excluding steroid dienone is 14. The number of halogens is 2. The summed E-state index contributed by atoms with van der Waals surface area (Å²) in [5.74, 6) is 0. The lowest BCUT2D eigenvalue weighted by Gasteiger charge is -2.25. The van der Waals surface area contributed by atoms with Crippen LogP contribution in [-0.2, 0) is 0 Å². The average Bonchev–Trinajstić information content (AvgIpc) is 3.43. The minimum Gasteiger partial charge on any atom is -0.106 e. The van der Waals surface area contributed by atoms with E-state index in [1.807, 2.05) is 23.5 Å². The number of rotatable bonds is 2. The van der Waals surface area contributed by atoms with Gasteiger partial charge in [-0.05, 0) is 145 Å². The Morgan fingerprint density at radius 3 is 1.48 bits per heavy atom. The summed E-state index contributed by atoms with van der Waals surface area (Å²) in [6, 6.07) is 0. The molecule has 0 aromatic carbocycles. The van der Waals surface area contributed by atoms with Crippen LogP contribution in [-0.4, -0.2) is 10.5 Å². The van der Waals surface area contributed by atoms with E-state index in [0.717, 1.165) is 6.42 Å². The molecule has 0 fully saturated rings. The Morgan fingerprint density at radius 1 is 0.645 bits per heavy atom. The third-order valence-corrected chi connectivity index (χ3v) is 10.8. The summed E-state index contributed by atoms with van der Waals surface area (Å²) in [6.07, 6.45) is 15.4. The maximum atomic E-state index is 3.71. The van der Waals surface area contributed by atoms with Crippen molar-refractivity contribution in [3.05, 3.63) is 111 Å². The maximum Gasteiger partial charge on any atom is 0.0542 e. The molecule has 0 bridgehead atoms. The van der Waals surface area contributed by atoms with Crippen molar-refractivity contribution in [2.24, 2.45) is 0 Å². The molecule has 0 amide bonds. The van der Waals surface area contributed by atoms with Gasteiger partial charge in [-0.15, -0.1) is 23.5 Å². The Kier molecular flexibility index (Phi) is 4.85. The Balaban J connectivity index is 1.34. The molecule has 2 aliphatic heterocycles. The minimum atomic E-state index is 0.440. The molecule has 2 heterocycles. The quantitative estimate of drug-likeness (QED) is 0.325. The number of fused-ring (bicyclic) bond motifs is 4. The molecule has 4 heteroatoms. The van der Waals surface area contributed by atoms with E-state index in [4.69, 9.17) is 0 Å². The fourth-order valence-corrected chi connectivity index (χ4v) is 9.24. The second kappa shape index (κ2) is 7.28. The van der Waals surface area contributed by atoms with Crippen molar-refractivity contribution < 1.29 is 0 Å². The van der Waals surface area contributed by atoms with Gasteiger partial charge in [-0.3, -0.25) is 0 Å². The fourth-order valence-electron chi connectivity index (χ4n) is 5.51. The van der Waals surface area contributed by atoms with Crippen molar-refractivity contribution in [1.82, 2.24) is 0 Å². The van der Waals surface area contributed by atoms with Crippen LogP contribution in [0, 0.1) is 0 Å². The maximum absolute atomic E-state index is 3.71. The highest BCUT2D eigenvalue weighted by Gasteiger charge is 2.36. The molecule has 6 aliphatic rings. The minimum absolute atomic E-state index is 0.440. The van der Waals surface area contributed by atoms with Crippen LogP contribution in [0.3, 0.4) is 0 Å². The third-order valence-electron chi connectivity index (χ3n) is 7.20. The van der Waals surface area contributed by atoms with Gasteiger partial charge in [0.2, 0.25) is 0 Å². The molecule has 156 valence electrons. The van der Waals surface area contributed by atoms with Crippen molar-refractivity contribution in [3.63, 3.8) is 0 Å². The summed E-state index contributed by atoms with van der Waals surface area (Å²) in [5, 5.41) is 0.879. The first-order chi connectivity index (χ1) is 14.8. The molecule has 2 unspecified atom stereocenters. The second-order valence-corrected chi connectivity index (χ2v) is 14.0. The summed E-state index contributed by atoms with van der Waals surface area (Å²) in [4.78, 5) is 0. The lowest BCUT2D eigenvalue weighted by atomic mass is 9.82. The smallest absolute Gasteiger partial charge is 0.0542 e. The Morgan fingerprint density at radius 2 is 1.06 bits per heavy atom. The van der Waals surface area contributed by atoms with Gasteiger partial charge >= 0.3 is 0 Å². The zero-order valence-corrected chi connectivity index (χ0v) is 22.7. The van der Waals surface area contributed by atoms with Gasteiger partial charge < -0.3 is 0 Å². The first-order valence-corrected chi connectivity index (χ1v) is 13.9. The fraction of sp³-hybridized carbons (Fsp3) is 0.259. The largest absolute Gasteiger partial charge is 0.106 e. The van der Waals surface area contributed by atoms with Crippen molar-refractivity contribution in [2.75, 3.05) is 0 Å². The first kappa shape index (κ1) is 20.7. The van der Waals surface area contributed by atoms with Crippen molar-refractivity contribution >= 4 is 55.4 Å². The highest BCUT2D eigenvalue weighted by atomic mass is 79.9. The highest BCUT2D eigenvalue weighted by molar-refractivity contribution is 9.14. The molecule has 6 rings (SSSR count). The summed E-state index contributed by atoms with van der Waals surface area (Å²) >= 11 is 11.2. The Bertz CT molecular complexity index is 1200. The van der Waals surface area contributed by atoms with Crippen LogP contribution in [0.5, 0.6) is 0 Å². The molecule has 0 aromatic rings. The standard InChI is InChI=1S/C27H22Br2S2/c1-12-5-18-14(3)20-10-26(28)30-24(20)8-22(18)16(12)7-17-13(2)6-19-15(4)21-11-27(29)31-25(21)9-23(17)19/h5-6,8-11,24-25H,7H2,1-4H3. The van der Waals surface area contributed by atoms with E-state index in [-0.39, 0.29) is 0 Å². The van der Waals surface area contributed by atoms with E-state index in [1.165, 1.54) is 74.5 Å². The Labute approximate surface area is 209 Å². The molecule has 2 atom stereocenters. The molecule has 0 radical (unpaired) electrons. The van der Waals surface area contributed by atoms with Gasteiger partial charge in [-0.1, -0.05) is 24.3 Å². The molecule has 0 N–H and O–H groups in total. The van der Waals surface area contributed by atoms with Gasteiger partial charge in [0, 0.05) is 0 Å². The highest BCUT2D eigenvalue weighted by Crippen LogP contribution is 2.54. The SMILES string of the molecule is CC1=C(CC2=C(C)C=C3C2=CC2SC(Br)=CC2=C3C)C2=CC3SC(Br)=CC3=C(C)C2=C1. The van der Waals surface area contributed by atoms with Crippen molar-refractivity contribution in [3.8, 4) is 0 Å². The van der Waals surface area contributed by atoms with E-state index in [0.29, 0.717) is 10.5 Å². The molecular weight excluding hydrogens is 548 g/mol. The van der Waals surface area contributed by atoms with Gasteiger partial charge in [-0.2, -0.15) is 0 Å². The monoisotopic (exact) mass is 568 g/mol. The Hall–Kier alpha value is -0.940. The summed E-state index contributed by atoms with van der Waals surface area (Å²) < 4.78 is 2.49. The topological polar surface area (TPSA) is 0 Å². The summed E-state index contributed by atoms with van der Waals surface area (Å²) in [7, 11) is 0. The average molecular weight is 570 g/mol. The van der Waals surface area contributed by atoms with Gasteiger partial charge in [0.05, 0.1) is 18.1 Å². The predicted molar refractivity (Wildman–Crippen MR) is 145 cm³/mol. The number of thioether (sulfide) groups is 2. The van der Waals surface area contributed by atoms with Gasteiger partial charge in [0.15, 0.2) is 0 Å². The van der Waals surface area contributed by atoms with Gasteiger partial charge in [-0.25, -0.2) is 0 Å². The van der Waals surface area contributed by atoms with Crippen molar-refractivity contribution in [2.45, 2.75) is 44.6 Å². The van der Waals surface area contributed by atoms with Crippen LogP contribution in [0.2, 0.25) is 0 Å². The van der Waals surface area contributed by atoms with Crippen LogP contribution in [0.4, 0.5) is 0 Å². The molecule has 31 heavy (non-hydrogen) atoms. The first-order valence-electron chi connectivity index (χ1n) is 10.6. The number of hydrogen-bond acceptors (Lipinski definition) is 2. The molecule has 0 aromatic heterocycles. The van der Waals surface area contributed by atoms with Crippen LogP contribution >= 0.6 is 55.4 Å².